The molecule has 1 aromatic heterocycles. The number of hydrogen-bond acceptors (Lipinski definition) is 3. The van der Waals surface area contributed by atoms with Gasteiger partial charge in [0.1, 0.15) is 0 Å². The molecule has 0 bridgehead atoms. The molecule has 1 aromatic carbocycles. The van der Waals surface area contributed by atoms with Gasteiger partial charge in [0.25, 0.3) is 5.91 Å². The zero-order valence-corrected chi connectivity index (χ0v) is 12.3. The van der Waals surface area contributed by atoms with Gasteiger partial charge in [-0.3, -0.25) is 4.79 Å². The number of nitrogen functional groups attached to an aromatic ring is 1. The molecule has 2 rings (SSSR count). The number of carbonyl (C=O) groups is 1. The van der Waals surface area contributed by atoms with Crippen LogP contribution in [0.4, 0.5) is 5.69 Å². The number of benzene rings is 1. The van der Waals surface area contributed by atoms with E-state index in [0.29, 0.717) is 22.3 Å². The second-order valence-corrected chi connectivity index (χ2v) is 5.10. The highest BCUT2D eigenvalue weighted by Gasteiger charge is 2.17. The van der Waals surface area contributed by atoms with Gasteiger partial charge in [0.2, 0.25) is 0 Å². The second kappa shape index (κ2) is 6.11. The van der Waals surface area contributed by atoms with Crippen LogP contribution in [0.15, 0.2) is 36.5 Å². The molecule has 0 atom stereocenters. The summed E-state index contributed by atoms with van der Waals surface area (Å²) in [5, 5.41) is 0.908. The number of amides is 1. The van der Waals surface area contributed by atoms with E-state index in [1.165, 1.54) is 11.1 Å². The molecule has 0 radical (unpaired) electrons. The van der Waals surface area contributed by atoms with E-state index >= 15 is 0 Å². The van der Waals surface area contributed by atoms with Crippen LogP contribution >= 0.6 is 23.2 Å². The third-order valence-corrected chi connectivity index (χ3v) is 3.69. The van der Waals surface area contributed by atoms with Crippen LogP contribution in [0.1, 0.15) is 16.1 Å². The van der Waals surface area contributed by atoms with E-state index in [4.69, 9.17) is 28.9 Å². The van der Waals surface area contributed by atoms with Crippen LogP contribution in [-0.4, -0.2) is 22.8 Å². The van der Waals surface area contributed by atoms with E-state index in [-0.39, 0.29) is 11.6 Å². The number of pyridine rings is 1. The Balaban J connectivity index is 2.20. The molecule has 104 valence electrons. The van der Waals surface area contributed by atoms with Crippen molar-refractivity contribution >= 4 is 34.8 Å². The summed E-state index contributed by atoms with van der Waals surface area (Å²) in [6.07, 6.45) is 1.53. The highest BCUT2D eigenvalue weighted by atomic mass is 35.5. The first-order chi connectivity index (χ1) is 9.50. The number of carbonyl (C=O) groups excluding carboxylic acids is 1. The van der Waals surface area contributed by atoms with Gasteiger partial charge in [0.15, 0.2) is 5.69 Å². The molecule has 0 aliphatic heterocycles. The quantitative estimate of drug-likeness (QED) is 0.947. The molecule has 4 nitrogen and oxygen atoms in total. The van der Waals surface area contributed by atoms with Crippen molar-refractivity contribution in [3.8, 4) is 0 Å². The molecule has 1 heterocycles. The number of halogens is 2. The zero-order chi connectivity index (χ0) is 14.7. The lowest BCUT2D eigenvalue weighted by Gasteiger charge is -2.18. The second-order valence-electron chi connectivity index (χ2n) is 4.32. The van der Waals surface area contributed by atoms with Gasteiger partial charge in [-0.05, 0) is 23.8 Å². The lowest BCUT2D eigenvalue weighted by Crippen LogP contribution is -2.28. The molecule has 2 aromatic rings. The zero-order valence-electron chi connectivity index (χ0n) is 10.8. The molecule has 0 saturated carbocycles. The van der Waals surface area contributed by atoms with Crippen molar-refractivity contribution in [2.75, 3.05) is 12.8 Å². The Kier molecular flexibility index (Phi) is 4.47. The number of rotatable bonds is 3. The fourth-order valence-electron chi connectivity index (χ4n) is 1.78. The van der Waals surface area contributed by atoms with Crippen molar-refractivity contribution in [1.82, 2.24) is 9.88 Å². The minimum atomic E-state index is -0.265. The third-order valence-electron chi connectivity index (χ3n) is 2.83. The van der Waals surface area contributed by atoms with Crippen LogP contribution in [0, 0.1) is 0 Å². The Morgan fingerprint density at radius 1 is 1.30 bits per heavy atom. The molecule has 1 amide bonds. The van der Waals surface area contributed by atoms with Crippen molar-refractivity contribution in [3.05, 3.63) is 57.8 Å². The normalized spacial score (nSPS) is 10.3. The lowest BCUT2D eigenvalue weighted by atomic mass is 10.2. The molecule has 20 heavy (non-hydrogen) atoms. The van der Waals surface area contributed by atoms with Crippen molar-refractivity contribution in [3.63, 3.8) is 0 Å². The average molecular weight is 310 g/mol. The van der Waals surface area contributed by atoms with Gasteiger partial charge < -0.3 is 10.6 Å². The molecule has 0 fully saturated rings. The van der Waals surface area contributed by atoms with Crippen LogP contribution in [0.25, 0.3) is 0 Å². The highest BCUT2D eigenvalue weighted by Crippen LogP contribution is 2.26. The maximum absolute atomic E-state index is 12.3. The number of nitrogens with two attached hydrogens (primary N) is 1. The highest BCUT2D eigenvalue weighted by molar-refractivity contribution is 6.42. The van der Waals surface area contributed by atoms with Gasteiger partial charge in [-0.1, -0.05) is 35.3 Å². The van der Waals surface area contributed by atoms with E-state index in [2.05, 4.69) is 4.98 Å². The first kappa shape index (κ1) is 14.6. The Morgan fingerprint density at radius 2 is 2.05 bits per heavy atom. The average Bonchev–Trinajstić information content (AvgIpc) is 2.43. The summed E-state index contributed by atoms with van der Waals surface area (Å²) >= 11 is 12.1. The van der Waals surface area contributed by atoms with Gasteiger partial charge in [0.05, 0.1) is 15.7 Å². The van der Waals surface area contributed by atoms with Crippen LogP contribution in [-0.2, 0) is 6.54 Å². The van der Waals surface area contributed by atoms with Crippen LogP contribution in [0.5, 0.6) is 0 Å². The molecular weight excluding hydrogens is 297 g/mol. The minimum absolute atomic E-state index is 0.230. The predicted octanol–water partition coefficient (Wildman–Crippen LogP) is 3.24. The molecule has 0 unspecified atom stereocenters. The summed E-state index contributed by atoms with van der Waals surface area (Å²) < 4.78 is 0. The van der Waals surface area contributed by atoms with E-state index in [0.717, 1.165) is 5.56 Å². The fraction of sp³-hybridized carbons (Fsp3) is 0.143. The van der Waals surface area contributed by atoms with E-state index in [1.54, 1.807) is 31.3 Å². The Hall–Kier alpha value is -1.78. The number of nitrogens with zero attached hydrogens (tertiary/aromatic N) is 2. The van der Waals surface area contributed by atoms with Crippen LogP contribution < -0.4 is 5.73 Å². The largest absolute Gasteiger partial charge is 0.397 e. The standard InChI is InChI=1S/C14H13Cl2N3O/c1-19(8-9-4-2-5-10(15)12(9)16)14(20)13-11(17)6-3-7-18-13/h2-7H,8,17H2,1H3. The Labute approximate surface area is 127 Å². The van der Waals surface area contributed by atoms with Gasteiger partial charge in [-0.15, -0.1) is 0 Å². The monoisotopic (exact) mass is 309 g/mol. The van der Waals surface area contributed by atoms with E-state index in [1.807, 2.05) is 6.07 Å². The number of aromatic nitrogens is 1. The van der Waals surface area contributed by atoms with Crippen molar-refractivity contribution in [2.24, 2.45) is 0 Å². The van der Waals surface area contributed by atoms with Gasteiger partial charge in [-0.2, -0.15) is 0 Å². The summed E-state index contributed by atoms with van der Waals surface area (Å²) in [6.45, 7) is 0.328. The maximum atomic E-state index is 12.3. The topological polar surface area (TPSA) is 59.2 Å². The predicted molar refractivity (Wildman–Crippen MR) is 80.9 cm³/mol. The van der Waals surface area contributed by atoms with Crippen LogP contribution in [0.3, 0.4) is 0 Å². The Morgan fingerprint density at radius 3 is 2.75 bits per heavy atom. The van der Waals surface area contributed by atoms with Crippen LogP contribution in [0.2, 0.25) is 10.0 Å². The lowest BCUT2D eigenvalue weighted by molar-refractivity contribution is 0.0780. The fourth-order valence-corrected chi connectivity index (χ4v) is 2.15. The smallest absolute Gasteiger partial charge is 0.274 e. The SMILES string of the molecule is CN(Cc1cccc(Cl)c1Cl)C(=O)c1ncccc1N. The summed E-state index contributed by atoms with van der Waals surface area (Å²) in [5.41, 5.74) is 7.10. The molecule has 0 saturated heterocycles. The van der Waals surface area contributed by atoms with Crippen molar-refractivity contribution in [1.29, 1.82) is 0 Å². The van der Waals surface area contributed by atoms with Crippen molar-refractivity contribution in [2.45, 2.75) is 6.54 Å². The first-order valence-corrected chi connectivity index (χ1v) is 6.65. The summed E-state index contributed by atoms with van der Waals surface area (Å²) in [4.78, 5) is 17.8. The molecule has 2 N–H and O–H groups in total. The number of hydrogen-bond donors (Lipinski definition) is 1. The molecule has 0 aliphatic carbocycles. The molecule has 6 heteroatoms. The molecular formula is C14H13Cl2N3O. The van der Waals surface area contributed by atoms with E-state index in [9.17, 15) is 4.79 Å². The molecule has 0 aliphatic rings. The molecule has 0 spiro atoms. The maximum Gasteiger partial charge on any atom is 0.274 e. The summed E-state index contributed by atoms with van der Waals surface area (Å²) in [5.74, 6) is -0.265. The van der Waals surface area contributed by atoms with Gasteiger partial charge >= 0.3 is 0 Å². The number of anilines is 1. The minimum Gasteiger partial charge on any atom is -0.397 e. The third kappa shape index (κ3) is 3.03. The van der Waals surface area contributed by atoms with Gasteiger partial charge in [0, 0.05) is 19.8 Å². The van der Waals surface area contributed by atoms with Crippen molar-refractivity contribution < 1.29 is 4.79 Å². The Bertz CT molecular complexity index is 646. The van der Waals surface area contributed by atoms with Gasteiger partial charge in [-0.25, -0.2) is 4.98 Å². The first-order valence-electron chi connectivity index (χ1n) is 5.89. The van der Waals surface area contributed by atoms with E-state index < -0.39 is 0 Å². The summed E-state index contributed by atoms with van der Waals surface area (Å²) in [6, 6.07) is 8.63. The summed E-state index contributed by atoms with van der Waals surface area (Å²) in [7, 11) is 1.66.